The first-order valence-corrected chi connectivity index (χ1v) is 4.30. The largest absolute Gasteiger partial charge is 0.281 e. The Kier molecular flexibility index (Phi) is 4.30. The van der Waals surface area contributed by atoms with Crippen molar-refractivity contribution in [2.45, 2.75) is 26.7 Å². The maximum absolute atomic E-state index is 10.8. The van der Waals surface area contributed by atoms with Crippen molar-refractivity contribution in [2.75, 3.05) is 5.88 Å². The van der Waals surface area contributed by atoms with Gasteiger partial charge in [-0.1, -0.05) is 13.8 Å². The summed E-state index contributed by atoms with van der Waals surface area (Å²) in [5.74, 6) is 0.322. The Labute approximate surface area is 71.7 Å². The highest BCUT2D eigenvalue weighted by atomic mass is 35.5. The fourth-order valence-electron chi connectivity index (χ4n) is 0.769. The molecule has 0 saturated heterocycles. The Morgan fingerprint density at radius 1 is 1.40 bits per heavy atom. The summed E-state index contributed by atoms with van der Waals surface area (Å²) in [4.78, 5) is 10.8. The van der Waals surface area contributed by atoms with Crippen molar-refractivity contribution in [3.8, 4) is 0 Å². The topological polar surface area (TPSA) is 17.1 Å². The summed E-state index contributed by atoms with van der Waals surface area (Å²) in [5, 5.41) is -0.312. The van der Waals surface area contributed by atoms with E-state index in [1.54, 1.807) is 0 Å². The molecule has 0 aliphatic rings. The quantitative estimate of drug-likeness (QED) is 0.483. The number of hydrogen-bond acceptors (Lipinski definition) is 1. The third-order valence-corrected chi connectivity index (χ3v) is 2.94. The minimum absolute atomic E-state index is 0.312. The molecule has 0 saturated carbocycles. The zero-order valence-electron chi connectivity index (χ0n) is 6.29. The molecule has 0 heterocycles. The van der Waals surface area contributed by atoms with E-state index in [4.69, 9.17) is 23.2 Å². The molecular weight excluding hydrogens is 171 g/mol. The van der Waals surface area contributed by atoms with Crippen molar-refractivity contribution < 1.29 is 4.79 Å². The van der Waals surface area contributed by atoms with Gasteiger partial charge in [0.15, 0.2) is 0 Å². The van der Waals surface area contributed by atoms with E-state index in [9.17, 15) is 4.79 Å². The van der Waals surface area contributed by atoms with Crippen molar-refractivity contribution in [1.29, 1.82) is 0 Å². The summed E-state index contributed by atoms with van der Waals surface area (Å²) >= 11 is 11.0. The lowest BCUT2D eigenvalue weighted by molar-refractivity contribution is -0.119. The van der Waals surface area contributed by atoms with Crippen molar-refractivity contribution in [1.82, 2.24) is 0 Å². The second-order valence-corrected chi connectivity index (χ2v) is 3.01. The van der Waals surface area contributed by atoms with Gasteiger partial charge in [-0.15, -0.1) is 11.6 Å². The van der Waals surface area contributed by atoms with Gasteiger partial charge in [-0.3, -0.25) is 4.79 Å². The van der Waals surface area contributed by atoms with Crippen molar-refractivity contribution in [3.63, 3.8) is 0 Å². The lowest BCUT2D eigenvalue weighted by Gasteiger charge is -2.23. The Balaban J connectivity index is 4.31. The smallest absolute Gasteiger partial charge is 0.228 e. The van der Waals surface area contributed by atoms with Gasteiger partial charge in [0.1, 0.15) is 0 Å². The fourth-order valence-corrected chi connectivity index (χ4v) is 1.67. The Bertz CT molecular complexity index is 111. The molecule has 0 bridgehead atoms. The van der Waals surface area contributed by atoms with Crippen LogP contribution in [0.15, 0.2) is 0 Å². The van der Waals surface area contributed by atoms with Crippen LogP contribution in [0.25, 0.3) is 0 Å². The summed E-state index contributed by atoms with van der Waals surface area (Å²) in [6.07, 6.45) is 1.44. The minimum atomic E-state index is -0.483. The predicted octanol–water partition coefficient (Wildman–Crippen LogP) is 2.80. The van der Waals surface area contributed by atoms with Gasteiger partial charge in [0, 0.05) is 5.88 Å². The van der Waals surface area contributed by atoms with E-state index in [-0.39, 0.29) is 5.24 Å². The number of alkyl halides is 1. The second-order valence-electron chi connectivity index (χ2n) is 2.39. The van der Waals surface area contributed by atoms with Crippen LogP contribution in [0.1, 0.15) is 26.7 Å². The average Bonchev–Trinajstić information content (AvgIpc) is 1.92. The molecule has 1 nitrogen and oxygen atoms in total. The number of carbonyl (C=O) groups is 1. The van der Waals surface area contributed by atoms with Gasteiger partial charge in [-0.25, -0.2) is 0 Å². The summed E-state index contributed by atoms with van der Waals surface area (Å²) in [6, 6.07) is 0. The monoisotopic (exact) mass is 182 g/mol. The second kappa shape index (κ2) is 4.20. The third kappa shape index (κ3) is 1.86. The molecule has 0 aliphatic heterocycles. The van der Waals surface area contributed by atoms with Crippen LogP contribution >= 0.6 is 23.2 Å². The zero-order valence-corrected chi connectivity index (χ0v) is 7.80. The van der Waals surface area contributed by atoms with Crippen molar-refractivity contribution >= 4 is 28.4 Å². The van der Waals surface area contributed by atoms with E-state index < -0.39 is 5.41 Å². The first-order valence-electron chi connectivity index (χ1n) is 3.39. The highest BCUT2D eigenvalue weighted by Gasteiger charge is 2.32. The number of rotatable bonds is 4. The van der Waals surface area contributed by atoms with Crippen LogP contribution in [0.5, 0.6) is 0 Å². The zero-order chi connectivity index (χ0) is 8.20. The third-order valence-electron chi connectivity index (χ3n) is 2.03. The summed E-state index contributed by atoms with van der Waals surface area (Å²) < 4.78 is 0. The first kappa shape index (κ1) is 10.2. The summed E-state index contributed by atoms with van der Waals surface area (Å²) in [5.41, 5.74) is -0.483. The highest BCUT2D eigenvalue weighted by molar-refractivity contribution is 6.65. The Morgan fingerprint density at radius 3 is 1.80 bits per heavy atom. The molecule has 0 amide bonds. The molecule has 60 valence electrons. The van der Waals surface area contributed by atoms with Crippen molar-refractivity contribution in [2.24, 2.45) is 5.41 Å². The number of halogens is 2. The average molecular weight is 183 g/mol. The van der Waals surface area contributed by atoms with Crippen LogP contribution in [0, 0.1) is 5.41 Å². The molecule has 3 heteroatoms. The lowest BCUT2D eigenvalue weighted by Crippen LogP contribution is -2.27. The van der Waals surface area contributed by atoms with Crippen LogP contribution < -0.4 is 0 Å². The Hall–Kier alpha value is 0.250. The van der Waals surface area contributed by atoms with Gasteiger partial charge in [0.2, 0.25) is 5.24 Å². The molecular formula is C7H12Cl2O. The van der Waals surface area contributed by atoms with Gasteiger partial charge in [0.25, 0.3) is 0 Å². The molecule has 0 aromatic rings. The van der Waals surface area contributed by atoms with Crippen LogP contribution in [-0.4, -0.2) is 11.1 Å². The highest BCUT2D eigenvalue weighted by Crippen LogP contribution is 2.30. The molecule has 0 aromatic heterocycles. The minimum Gasteiger partial charge on any atom is -0.281 e. The SMILES string of the molecule is CCC(CC)(CCl)C(=O)Cl. The normalized spacial score (nSPS) is 11.6. The number of hydrogen-bond donors (Lipinski definition) is 0. The first-order chi connectivity index (χ1) is 4.63. The standard InChI is InChI=1S/C7H12Cl2O/c1-3-7(4-2,5-8)6(9)10/h3-5H2,1-2H3. The van der Waals surface area contributed by atoms with Gasteiger partial charge in [0.05, 0.1) is 5.41 Å². The molecule has 0 aromatic carbocycles. The molecule has 0 spiro atoms. The predicted molar refractivity (Wildman–Crippen MR) is 44.6 cm³/mol. The molecule has 0 atom stereocenters. The molecule has 0 radical (unpaired) electrons. The van der Waals surface area contributed by atoms with E-state index >= 15 is 0 Å². The summed E-state index contributed by atoms with van der Waals surface area (Å²) in [6.45, 7) is 3.85. The van der Waals surface area contributed by atoms with Crippen LogP contribution in [-0.2, 0) is 4.79 Å². The van der Waals surface area contributed by atoms with E-state index in [0.29, 0.717) is 5.88 Å². The van der Waals surface area contributed by atoms with Gasteiger partial charge < -0.3 is 0 Å². The lowest BCUT2D eigenvalue weighted by atomic mass is 9.86. The van der Waals surface area contributed by atoms with Crippen LogP contribution in [0.2, 0.25) is 0 Å². The van der Waals surface area contributed by atoms with Gasteiger partial charge >= 0.3 is 0 Å². The van der Waals surface area contributed by atoms with Gasteiger partial charge in [-0.05, 0) is 24.4 Å². The molecule has 0 N–H and O–H groups in total. The molecule has 0 unspecified atom stereocenters. The van der Waals surface area contributed by atoms with E-state index in [1.807, 2.05) is 13.8 Å². The van der Waals surface area contributed by atoms with Crippen molar-refractivity contribution in [3.05, 3.63) is 0 Å². The maximum Gasteiger partial charge on any atom is 0.228 e. The maximum atomic E-state index is 10.8. The molecule has 0 rings (SSSR count). The number of carbonyl (C=O) groups excluding carboxylic acids is 1. The van der Waals surface area contributed by atoms with E-state index in [0.717, 1.165) is 12.8 Å². The van der Waals surface area contributed by atoms with Crippen LogP contribution in [0.4, 0.5) is 0 Å². The molecule has 0 aliphatic carbocycles. The van der Waals surface area contributed by atoms with E-state index in [1.165, 1.54) is 0 Å². The van der Waals surface area contributed by atoms with Crippen LogP contribution in [0.3, 0.4) is 0 Å². The fraction of sp³-hybridized carbons (Fsp3) is 0.857. The summed E-state index contributed by atoms with van der Waals surface area (Å²) in [7, 11) is 0. The van der Waals surface area contributed by atoms with E-state index in [2.05, 4.69) is 0 Å². The van der Waals surface area contributed by atoms with Gasteiger partial charge in [-0.2, -0.15) is 0 Å². The molecule has 10 heavy (non-hydrogen) atoms. The Morgan fingerprint density at radius 2 is 1.80 bits per heavy atom. The molecule has 0 fully saturated rings.